The summed E-state index contributed by atoms with van der Waals surface area (Å²) in [5.74, 6) is 0. The second kappa shape index (κ2) is 10.8. The van der Waals surface area contributed by atoms with Gasteiger partial charge in [0.05, 0.1) is 11.4 Å². The van der Waals surface area contributed by atoms with Crippen molar-refractivity contribution in [2.75, 3.05) is 0 Å². The minimum atomic E-state index is 1.05. The van der Waals surface area contributed by atoms with Gasteiger partial charge in [-0.05, 0) is 55.3 Å². The molecule has 3 nitrogen and oxygen atoms in total. The van der Waals surface area contributed by atoms with Crippen LogP contribution < -0.4 is 0 Å². The highest BCUT2D eigenvalue weighted by Gasteiger charge is 2.06. The molecule has 0 saturated heterocycles. The number of aliphatic imine (C=N–C) groups is 1. The van der Waals surface area contributed by atoms with Crippen LogP contribution in [0.2, 0.25) is 0 Å². The van der Waals surface area contributed by atoms with Crippen LogP contribution in [-0.2, 0) is 0 Å². The first kappa shape index (κ1) is 19.5. The number of allylic oxidation sites excluding steroid dienone is 2. The first-order chi connectivity index (χ1) is 13.4. The predicted molar refractivity (Wildman–Crippen MR) is 116 cm³/mol. The van der Waals surface area contributed by atoms with E-state index in [2.05, 4.69) is 52.8 Å². The molecule has 0 saturated carbocycles. The van der Waals surface area contributed by atoms with Crippen LogP contribution in [0.15, 0.2) is 65.7 Å². The highest BCUT2D eigenvalue weighted by atomic mass is 15.4. The van der Waals surface area contributed by atoms with Crippen LogP contribution in [0.5, 0.6) is 0 Å². The van der Waals surface area contributed by atoms with Gasteiger partial charge in [-0.1, -0.05) is 58.3 Å². The normalized spacial score (nSPS) is 15.0. The summed E-state index contributed by atoms with van der Waals surface area (Å²) in [5, 5.41) is 0. The van der Waals surface area contributed by atoms with Gasteiger partial charge >= 0.3 is 0 Å². The van der Waals surface area contributed by atoms with Gasteiger partial charge in [0.2, 0.25) is 0 Å². The molecule has 2 aromatic heterocycles. The number of nitrogens with zero attached hydrogens (tertiary/aromatic N) is 3. The first-order valence-electron chi connectivity index (χ1n) is 10.6. The Bertz CT molecular complexity index is 759. The lowest BCUT2D eigenvalue weighted by molar-refractivity contribution is 0.568. The maximum Gasteiger partial charge on any atom is 0.0655 e. The molecule has 144 valence electrons. The molecule has 0 N–H and O–H groups in total. The van der Waals surface area contributed by atoms with E-state index in [9.17, 15) is 0 Å². The molecule has 0 bridgehead atoms. The Morgan fingerprint density at radius 3 is 2.26 bits per heavy atom. The van der Waals surface area contributed by atoms with Crippen LogP contribution in [0.4, 0.5) is 0 Å². The molecule has 0 fully saturated rings. The van der Waals surface area contributed by atoms with Gasteiger partial charge in [-0.15, -0.1) is 0 Å². The van der Waals surface area contributed by atoms with E-state index in [1.54, 1.807) is 0 Å². The van der Waals surface area contributed by atoms with Crippen molar-refractivity contribution in [3.8, 4) is 0 Å². The molecule has 3 rings (SSSR count). The molecule has 0 radical (unpaired) electrons. The van der Waals surface area contributed by atoms with E-state index in [0.29, 0.717) is 0 Å². The lowest BCUT2D eigenvalue weighted by Gasteiger charge is -2.07. The number of aromatic nitrogens is 2. The largest absolute Gasteiger partial charge is 0.264 e. The molecule has 2 aromatic rings. The molecule has 0 spiro atoms. The SMILES string of the molecule is CCCCCCCCCCCC1=NC(=Cc2cccn2-n2cccc2)C=C1. The summed E-state index contributed by atoms with van der Waals surface area (Å²) in [6.07, 6.45) is 26.1. The van der Waals surface area contributed by atoms with Crippen molar-refractivity contribution in [2.45, 2.75) is 71.1 Å². The average molecular weight is 364 g/mol. The maximum absolute atomic E-state index is 4.80. The fraction of sp³-hybridized carbons (Fsp3) is 0.458. The van der Waals surface area contributed by atoms with Crippen LogP contribution in [0.3, 0.4) is 0 Å². The van der Waals surface area contributed by atoms with Gasteiger partial charge in [0.15, 0.2) is 0 Å². The Morgan fingerprint density at radius 2 is 1.52 bits per heavy atom. The van der Waals surface area contributed by atoms with Gasteiger partial charge in [-0.2, -0.15) is 0 Å². The summed E-state index contributed by atoms with van der Waals surface area (Å²) >= 11 is 0. The van der Waals surface area contributed by atoms with Crippen molar-refractivity contribution in [1.29, 1.82) is 0 Å². The summed E-state index contributed by atoms with van der Waals surface area (Å²) in [5.41, 5.74) is 3.41. The first-order valence-corrected chi connectivity index (χ1v) is 10.6. The zero-order valence-corrected chi connectivity index (χ0v) is 16.7. The molecule has 27 heavy (non-hydrogen) atoms. The molecule has 0 aromatic carbocycles. The Kier molecular flexibility index (Phi) is 7.76. The van der Waals surface area contributed by atoms with Crippen molar-refractivity contribution in [3.63, 3.8) is 0 Å². The van der Waals surface area contributed by atoms with Crippen LogP contribution in [0, 0.1) is 0 Å². The molecule has 0 unspecified atom stereocenters. The van der Waals surface area contributed by atoms with Gasteiger partial charge in [0.25, 0.3) is 0 Å². The smallest absolute Gasteiger partial charge is 0.0655 e. The Balaban J connectivity index is 1.40. The summed E-state index contributed by atoms with van der Waals surface area (Å²) in [6, 6.07) is 8.26. The third-order valence-electron chi connectivity index (χ3n) is 5.15. The lowest BCUT2D eigenvalue weighted by atomic mass is 10.1. The van der Waals surface area contributed by atoms with Crippen LogP contribution in [0.1, 0.15) is 76.8 Å². The molecule has 1 aliphatic rings. The van der Waals surface area contributed by atoms with Gasteiger partial charge in [0, 0.05) is 24.3 Å². The maximum atomic E-state index is 4.80. The number of hydrogen-bond acceptors (Lipinski definition) is 1. The van der Waals surface area contributed by atoms with E-state index < -0.39 is 0 Å². The lowest BCUT2D eigenvalue weighted by Crippen LogP contribution is -2.06. The molecular formula is C24H33N3. The average Bonchev–Trinajstić information content (AvgIpc) is 3.42. The molecule has 1 aliphatic heterocycles. The van der Waals surface area contributed by atoms with Crippen molar-refractivity contribution in [1.82, 2.24) is 9.35 Å². The Hall–Kier alpha value is -2.29. The van der Waals surface area contributed by atoms with Crippen molar-refractivity contribution in [3.05, 3.63) is 66.4 Å². The van der Waals surface area contributed by atoms with E-state index in [4.69, 9.17) is 4.99 Å². The number of hydrogen-bond donors (Lipinski definition) is 0. The summed E-state index contributed by atoms with van der Waals surface area (Å²) in [4.78, 5) is 4.80. The second-order valence-electron chi connectivity index (χ2n) is 7.42. The molecular weight excluding hydrogens is 330 g/mol. The zero-order valence-electron chi connectivity index (χ0n) is 16.7. The quantitative estimate of drug-likeness (QED) is 0.367. The van der Waals surface area contributed by atoms with Crippen LogP contribution >= 0.6 is 0 Å². The highest BCUT2D eigenvalue weighted by molar-refractivity contribution is 5.99. The highest BCUT2D eigenvalue weighted by Crippen LogP contribution is 2.18. The van der Waals surface area contributed by atoms with Gasteiger partial charge in [-0.3, -0.25) is 14.3 Å². The third kappa shape index (κ3) is 6.13. The molecule has 3 heteroatoms. The fourth-order valence-electron chi connectivity index (χ4n) is 3.59. The van der Waals surface area contributed by atoms with Gasteiger partial charge < -0.3 is 0 Å². The Morgan fingerprint density at radius 1 is 0.815 bits per heavy atom. The summed E-state index contributed by atoms with van der Waals surface area (Å²) in [6.45, 7) is 2.28. The van der Waals surface area contributed by atoms with E-state index >= 15 is 0 Å². The fourth-order valence-corrected chi connectivity index (χ4v) is 3.59. The second-order valence-corrected chi connectivity index (χ2v) is 7.42. The minimum Gasteiger partial charge on any atom is -0.264 e. The number of unbranched alkanes of at least 4 members (excludes halogenated alkanes) is 8. The van der Waals surface area contributed by atoms with Crippen LogP contribution in [0.25, 0.3) is 6.08 Å². The van der Waals surface area contributed by atoms with E-state index in [0.717, 1.165) is 17.8 Å². The minimum absolute atomic E-state index is 1.05. The standard InChI is InChI=1S/C24H33N3/c1-2-3-4-5-6-7-8-9-10-14-22-16-17-23(25-22)21-24-15-13-20-27(24)26-18-11-12-19-26/h11-13,15-21H,2-10,14H2,1H3. The van der Waals surface area contributed by atoms with Crippen molar-refractivity contribution >= 4 is 11.8 Å². The molecule has 0 aliphatic carbocycles. The molecule has 3 heterocycles. The predicted octanol–water partition coefficient (Wildman–Crippen LogP) is 6.87. The van der Waals surface area contributed by atoms with Gasteiger partial charge in [0.1, 0.15) is 0 Å². The molecule has 0 atom stereocenters. The van der Waals surface area contributed by atoms with Crippen LogP contribution in [-0.4, -0.2) is 15.1 Å². The van der Waals surface area contributed by atoms with E-state index in [1.807, 2.05) is 24.5 Å². The Labute approximate surface area is 164 Å². The molecule has 0 amide bonds. The monoisotopic (exact) mass is 363 g/mol. The number of rotatable bonds is 12. The van der Waals surface area contributed by atoms with E-state index in [1.165, 1.54) is 63.5 Å². The van der Waals surface area contributed by atoms with E-state index in [-0.39, 0.29) is 0 Å². The zero-order chi connectivity index (χ0) is 18.7. The summed E-state index contributed by atoms with van der Waals surface area (Å²) < 4.78 is 4.19. The van der Waals surface area contributed by atoms with Gasteiger partial charge in [-0.25, -0.2) is 0 Å². The summed E-state index contributed by atoms with van der Waals surface area (Å²) in [7, 11) is 0. The third-order valence-corrected chi connectivity index (χ3v) is 5.15. The topological polar surface area (TPSA) is 22.2 Å². The van der Waals surface area contributed by atoms with Crippen molar-refractivity contribution < 1.29 is 0 Å². The van der Waals surface area contributed by atoms with Crippen molar-refractivity contribution in [2.24, 2.45) is 4.99 Å².